The number of hydrogen-bond acceptors (Lipinski definition) is 6. The minimum Gasteiger partial charge on any atom is -0.493 e. The molecule has 0 saturated carbocycles. The lowest BCUT2D eigenvalue weighted by Crippen LogP contribution is -2.24. The average molecular weight is 364 g/mol. The van der Waals surface area contributed by atoms with Crippen molar-refractivity contribution in [1.29, 1.82) is 0 Å². The number of halogens is 1. The lowest BCUT2D eigenvalue weighted by Gasteiger charge is -2.10. The van der Waals surface area contributed by atoms with Crippen LogP contribution in [0.25, 0.3) is 10.2 Å². The van der Waals surface area contributed by atoms with E-state index < -0.39 is 0 Å². The number of methoxy groups -OCH3 is 2. The lowest BCUT2D eigenvalue weighted by molar-refractivity contribution is 0.0948. The highest BCUT2D eigenvalue weighted by molar-refractivity contribution is 7.17. The molecule has 0 aliphatic carbocycles. The van der Waals surface area contributed by atoms with Crippen molar-refractivity contribution in [3.8, 4) is 11.5 Å². The van der Waals surface area contributed by atoms with Gasteiger partial charge in [0.25, 0.3) is 5.91 Å². The van der Waals surface area contributed by atoms with E-state index in [0.29, 0.717) is 28.3 Å². The quantitative estimate of drug-likeness (QED) is 0.704. The van der Waals surface area contributed by atoms with Crippen molar-refractivity contribution in [3.05, 3.63) is 46.2 Å². The summed E-state index contributed by atoms with van der Waals surface area (Å²) in [5.74, 6) is 0.937. The van der Waals surface area contributed by atoms with Crippen molar-refractivity contribution in [1.82, 2.24) is 15.3 Å². The molecule has 0 bridgehead atoms. The van der Waals surface area contributed by atoms with Gasteiger partial charge < -0.3 is 14.8 Å². The van der Waals surface area contributed by atoms with Crippen LogP contribution in [0.15, 0.2) is 29.6 Å². The molecule has 0 aliphatic rings. The maximum atomic E-state index is 12.5. The molecule has 0 radical (unpaired) electrons. The number of rotatable bonds is 5. The van der Waals surface area contributed by atoms with Gasteiger partial charge in [0.1, 0.15) is 0 Å². The monoisotopic (exact) mass is 363 g/mol. The topological polar surface area (TPSA) is 73.3 Å². The summed E-state index contributed by atoms with van der Waals surface area (Å²) in [4.78, 5) is 20.6. The van der Waals surface area contributed by atoms with Crippen LogP contribution in [0.4, 0.5) is 0 Å². The lowest BCUT2D eigenvalue weighted by atomic mass is 10.2. The molecule has 1 N–H and O–H groups in total. The number of fused-ring (bicyclic) bond motifs is 1. The highest BCUT2D eigenvalue weighted by atomic mass is 35.5. The SMILES string of the molecule is COc1ccc(CNC(=O)c2nc(Cl)nc3ccsc23)cc1OC. The van der Waals surface area contributed by atoms with Crippen LogP contribution < -0.4 is 14.8 Å². The van der Waals surface area contributed by atoms with Crippen LogP contribution in [-0.4, -0.2) is 30.1 Å². The molecule has 1 amide bonds. The minimum atomic E-state index is -0.304. The summed E-state index contributed by atoms with van der Waals surface area (Å²) in [6.07, 6.45) is 0. The molecule has 0 aliphatic heterocycles. The van der Waals surface area contributed by atoms with Crippen molar-refractivity contribution < 1.29 is 14.3 Å². The third-order valence-electron chi connectivity index (χ3n) is 3.39. The number of benzene rings is 1. The van der Waals surface area contributed by atoms with E-state index in [4.69, 9.17) is 21.1 Å². The Morgan fingerprint density at radius 1 is 1.21 bits per heavy atom. The van der Waals surface area contributed by atoms with E-state index in [1.165, 1.54) is 11.3 Å². The molecule has 0 fully saturated rings. The molecule has 2 heterocycles. The van der Waals surface area contributed by atoms with Crippen LogP contribution in [0.1, 0.15) is 16.1 Å². The highest BCUT2D eigenvalue weighted by Crippen LogP contribution is 2.27. The molecule has 24 heavy (non-hydrogen) atoms. The van der Waals surface area contributed by atoms with Crippen LogP contribution in [-0.2, 0) is 6.54 Å². The number of nitrogens with one attached hydrogen (secondary N) is 1. The van der Waals surface area contributed by atoms with Crippen LogP contribution in [0.5, 0.6) is 11.5 Å². The summed E-state index contributed by atoms with van der Waals surface area (Å²) in [5, 5.41) is 4.74. The van der Waals surface area contributed by atoms with E-state index >= 15 is 0 Å². The van der Waals surface area contributed by atoms with Gasteiger partial charge in [-0.2, -0.15) is 0 Å². The molecule has 3 rings (SSSR count). The highest BCUT2D eigenvalue weighted by Gasteiger charge is 2.15. The van der Waals surface area contributed by atoms with Crippen LogP contribution >= 0.6 is 22.9 Å². The van der Waals surface area contributed by atoms with Gasteiger partial charge in [0.15, 0.2) is 17.2 Å². The smallest absolute Gasteiger partial charge is 0.271 e. The fourth-order valence-electron chi connectivity index (χ4n) is 2.25. The Kier molecular flexibility index (Phi) is 4.82. The van der Waals surface area contributed by atoms with E-state index in [1.54, 1.807) is 26.4 Å². The summed E-state index contributed by atoms with van der Waals surface area (Å²) < 4.78 is 11.2. The van der Waals surface area contributed by atoms with Crippen molar-refractivity contribution in [2.24, 2.45) is 0 Å². The van der Waals surface area contributed by atoms with E-state index in [0.717, 1.165) is 5.56 Å². The maximum Gasteiger partial charge on any atom is 0.271 e. The summed E-state index contributed by atoms with van der Waals surface area (Å²) in [5.41, 5.74) is 1.82. The van der Waals surface area contributed by atoms with Gasteiger partial charge in [0, 0.05) is 6.54 Å². The van der Waals surface area contributed by atoms with Crippen molar-refractivity contribution in [2.45, 2.75) is 6.54 Å². The van der Waals surface area contributed by atoms with Crippen LogP contribution in [0.3, 0.4) is 0 Å². The number of nitrogens with zero attached hydrogens (tertiary/aromatic N) is 2. The second kappa shape index (κ2) is 7.02. The predicted octanol–water partition coefficient (Wildman–Crippen LogP) is 3.29. The summed E-state index contributed by atoms with van der Waals surface area (Å²) in [7, 11) is 3.14. The van der Waals surface area contributed by atoms with Gasteiger partial charge in [-0.15, -0.1) is 11.3 Å². The molecule has 0 unspecified atom stereocenters. The van der Waals surface area contributed by atoms with E-state index in [9.17, 15) is 4.79 Å². The molecule has 1 aromatic carbocycles. The summed E-state index contributed by atoms with van der Waals surface area (Å²) >= 11 is 7.29. The number of carbonyl (C=O) groups is 1. The third-order valence-corrected chi connectivity index (χ3v) is 4.47. The molecular formula is C16H14ClN3O3S. The molecule has 2 aromatic heterocycles. The van der Waals surface area contributed by atoms with Gasteiger partial charge in [-0.3, -0.25) is 4.79 Å². The molecule has 8 heteroatoms. The van der Waals surface area contributed by atoms with Gasteiger partial charge in [-0.25, -0.2) is 9.97 Å². The van der Waals surface area contributed by atoms with Gasteiger partial charge in [0.05, 0.1) is 24.4 Å². The normalized spacial score (nSPS) is 10.6. The molecule has 0 spiro atoms. The number of ether oxygens (including phenoxy) is 2. The maximum absolute atomic E-state index is 12.5. The van der Waals surface area contributed by atoms with E-state index in [2.05, 4.69) is 15.3 Å². The Morgan fingerprint density at radius 3 is 2.75 bits per heavy atom. The Morgan fingerprint density at radius 2 is 2.00 bits per heavy atom. The fourth-order valence-corrected chi connectivity index (χ4v) is 3.24. The Balaban J connectivity index is 1.79. The third kappa shape index (κ3) is 3.27. The molecule has 0 saturated heterocycles. The van der Waals surface area contributed by atoms with Crippen molar-refractivity contribution in [2.75, 3.05) is 14.2 Å². The number of carbonyl (C=O) groups excluding carboxylic acids is 1. The largest absolute Gasteiger partial charge is 0.493 e. The standard InChI is InChI=1S/C16H14ClN3O3S/c1-22-11-4-3-9(7-12(11)23-2)8-18-15(21)13-14-10(5-6-24-14)19-16(17)20-13/h3-7H,8H2,1-2H3,(H,18,21). The molecule has 124 valence electrons. The Bertz CT molecular complexity index is 897. The van der Waals surface area contributed by atoms with E-state index in [-0.39, 0.29) is 16.9 Å². The molecule has 0 atom stereocenters. The first-order valence-corrected chi connectivity index (χ1v) is 8.28. The van der Waals surface area contributed by atoms with Gasteiger partial charge in [-0.05, 0) is 40.7 Å². The molecular weight excluding hydrogens is 350 g/mol. The predicted molar refractivity (Wildman–Crippen MR) is 93.1 cm³/mol. The van der Waals surface area contributed by atoms with Crippen molar-refractivity contribution in [3.63, 3.8) is 0 Å². The molecule has 3 aromatic rings. The van der Waals surface area contributed by atoms with Gasteiger partial charge in [0.2, 0.25) is 5.28 Å². The fraction of sp³-hybridized carbons (Fsp3) is 0.188. The number of amides is 1. The van der Waals surface area contributed by atoms with Gasteiger partial charge >= 0.3 is 0 Å². The van der Waals surface area contributed by atoms with Crippen molar-refractivity contribution >= 4 is 39.1 Å². The Hall–Kier alpha value is -2.38. The summed E-state index contributed by atoms with van der Waals surface area (Å²) in [6, 6.07) is 7.26. The second-order valence-corrected chi connectivity index (χ2v) is 6.10. The first kappa shape index (κ1) is 16.5. The summed E-state index contributed by atoms with van der Waals surface area (Å²) in [6.45, 7) is 0.327. The Labute approximate surface area is 147 Å². The van der Waals surface area contributed by atoms with Crippen LogP contribution in [0, 0.1) is 0 Å². The number of aromatic nitrogens is 2. The second-order valence-electron chi connectivity index (χ2n) is 4.85. The number of hydrogen-bond donors (Lipinski definition) is 1. The average Bonchev–Trinajstić information content (AvgIpc) is 3.06. The zero-order chi connectivity index (χ0) is 17.1. The zero-order valence-corrected chi connectivity index (χ0v) is 14.6. The molecule has 6 nitrogen and oxygen atoms in total. The zero-order valence-electron chi connectivity index (χ0n) is 13.0. The van der Waals surface area contributed by atoms with E-state index in [1.807, 2.05) is 17.5 Å². The first-order chi connectivity index (χ1) is 11.6. The number of thiophene rings is 1. The van der Waals surface area contributed by atoms with Gasteiger partial charge in [-0.1, -0.05) is 6.07 Å². The minimum absolute atomic E-state index is 0.0529. The van der Waals surface area contributed by atoms with Crippen LogP contribution in [0.2, 0.25) is 5.28 Å². The first-order valence-electron chi connectivity index (χ1n) is 7.02.